The van der Waals surface area contributed by atoms with E-state index < -0.39 is 10.0 Å². The van der Waals surface area contributed by atoms with Crippen LogP contribution in [0.3, 0.4) is 0 Å². The third-order valence-electron chi connectivity index (χ3n) is 3.18. The SMILES string of the molecule is Cc1ccc(N(C)S(=O)(=O)c2c(C)cnn2C)cc1Br. The summed E-state index contributed by atoms with van der Waals surface area (Å²) in [6.07, 6.45) is 1.55. The Morgan fingerprint density at radius 1 is 1.25 bits per heavy atom. The minimum absolute atomic E-state index is 0.205. The van der Waals surface area contributed by atoms with Crippen LogP contribution < -0.4 is 4.31 Å². The van der Waals surface area contributed by atoms with Crippen LogP contribution in [-0.2, 0) is 17.1 Å². The van der Waals surface area contributed by atoms with Gasteiger partial charge in [0, 0.05) is 24.1 Å². The van der Waals surface area contributed by atoms with Crippen LogP contribution in [0.4, 0.5) is 5.69 Å². The van der Waals surface area contributed by atoms with E-state index >= 15 is 0 Å². The number of aromatic nitrogens is 2. The van der Waals surface area contributed by atoms with Crippen molar-refractivity contribution in [2.45, 2.75) is 18.9 Å². The minimum Gasteiger partial charge on any atom is -0.268 e. The van der Waals surface area contributed by atoms with Crippen LogP contribution in [0, 0.1) is 13.8 Å². The van der Waals surface area contributed by atoms with E-state index in [1.54, 1.807) is 39.3 Å². The third kappa shape index (κ3) is 2.47. The lowest BCUT2D eigenvalue weighted by molar-refractivity contribution is 0.574. The first-order valence-corrected chi connectivity index (χ1v) is 8.22. The molecular weight excluding hydrogens is 342 g/mol. The van der Waals surface area contributed by atoms with Gasteiger partial charge in [-0.1, -0.05) is 22.0 Å². The van der Waals surface area contributed by atoms with E-state index in [-0.39, 0.29) is 5.03 Å². The van der Waals surface area contributed by atoms with Gasteiger partial charge in [0.2, 0.25) is 0 Å². The third-order valence-corrected chi connectivity index (χ3v) is 6.04. The van der Waals surface area contributed by atoms with Gasteiger partial charge in [-0.3, -0.25) is 8.99 Å². The lowest BCUT2D eigenvalue weighted by atomic mass is 10.2. The first-order chi connectivity index (χ1) is 9.25. The Labute approximate surface area is 127 Å². The highest BCUT2D eigenvalue weighted by atomic mass is 79.9. The highest BCUT2D eigenvalue weighted by Crippen LogP contribution is 2.27. The first kappa shape index (κ1) is 15.1. The molecule has 0 N–H and O–H groups in total. The molecular formula is C13H16BrN3O2S. The molecule has 0 unspecified atom stereocenters. The molecule has 5 nitrogen and oxygen atoms in total. The molecule has 7 heteroatoms. The Morgan fingerprint density at radius 2 is 1.90 bits per heavy atom. The summed E-state index contributed by atoms with van der Waals surface area (Å²) in [5, 5.41) is 4.20. The van der Waals surface area contributed by atoms with Crippen molar-refractivity contribution in [1.82, 2.24) is 9.78 Å². The maximum absolute atomic E-state index is 12.7. The van der Waals surface area contributed by atoms with Gasteiger partial charge in [-0.15, -0.1) is 0 Å². The van der Waals surface area contributed by atoms with Crippen LogP contribution in [0.25, 0.3) is 0 Å². The molecule has 0 saturated carbocycles. The fraction of sp³-hybridized carbons (Fsp3) is 0.308. The standard InChI is InChI=1S/C13H16BrN3O2S/c1-9-5-6-11(7-12(9)14)17(4)20(18,19)13-10(2)8-15-16(13)3/h5-8H,1-4H3. The van der Waals surface area contributed by atoms with E-state index in [2.05, 4.69) is 21.0 Å². The van der Waals surface area contributed by atoms with Gasteiger partial charge in [0.15, 0.2) is 5.03 Å². The summed E-state index contributed by atoms with van der Waals surface area (Å²) in [6.45, 7) is 3.69. The predicted molar refractivity (Wildman–Crippen MR) is 82.4 cm³/mol. The topological polar surface area (TPSA) is 55.2 Å². The Morgan fingerprint density at radius 3 is 2.40 bits per heavy atom. The average molecular weight is 358 g/mol. The lowest BCUT2D eigenvalue weighted by Crippen LogP contribution is -2.29. The minimum atomic E-state index is -3.63. The molecule has 108 valence electrons. The Balaban J connectivity index is 2.52. The van der Waals surface area contributed by atoms with Crippen molar-refractivity contribution >= 4 is 31.6 Å². The molecule has 0 radical (unpaired) electrons. The van der Waals surface area contributed by atoms with Crippen LogP contribution in [0.5, 0.6) is 0 Å². The molecule has 0 saturated heterocycles. The van der Waals surface area contributed by atoms with Gasteiger partial charge in [0.05, 0.1) is 11.9 Å². The number of hydrogen-bond donors (Lipinski definition) is 0. The van der Waals surface area contributed by atoms with Crippen LogP contribution in [0.2, 0.25) is 0 Å². The Hall–Kier alpha value is -1.34. The van der Waals surface area contributed by atoms with Gasteiger partial charge in [-0.05, 0) is 31.5 Å². The van der Waals surface area contributed by atoms with E-state index in [1.165, 1.54) is 8.99 Å². The number of nitrogens with zero attached hydrogens (tertiary/aromatic N) is 3. The number of anilines is 1. The number of sulfonamides is 1. The molecule has 0 fully saturated rings. The second-order valence-electron chi connectivity index (χ2n) is 4.66. The summed E-state index contributed by atoms with van der Waals surface area (Å²) in [7, 11) is -0.462. The lowest BCUT2D eigenvalue weighted by Gasteiger charge is -2.20. The van der Waals surface area contributed by atoms with E-state index in [4.69, 9.17) is 0 Å². The fourth-order valence-electron chi connectivity index (χ4n) is 1.95. The molecule has 2 rings (SSSR count). The molecule has 1 aromatic carbocycles. The average Bonchev–Trinajstić information content (AvgIpc) is 2.72. The Bertz CT molecular complexity index is 733. The van der Waals surface area contributed by atoms with Crippen molar-refractivity contribution in [3.05, 3.63) is 40.0 Å². The largest absolute Gasteiger partial charge is 0.281 e. The molecule has 2 aromatic rings. The van der Waals surface area contributed by atoms with Crippen molar-refractivity contribution in [3.8, 4) is 0 Å². The predicted octanol–water partition coefficient (Wildman–Crippen LogP) is 2.62. The maximum atomic E-state index is 12.7. The van der Waals surface area contributed by atoms with Gasteiger partial charge in [-0.25, -0.2) is 0 Å². The summed E-state index contributed by atoms with van der Waals surface area (Å²) < 4.78 is 28.9. The molecule has 0 aliphatic carbocycles. The zero-order chi connectivity index (χ0) is 15.1. The van der Waals surface area contributed by atoms with E-state index in [0.29, 0.717) is 11.3 Å². The zero-order valence-corrected chi connectivity index (χ0v) is 14.2. The summed E-state index contributed by atoms with van der Waals surface area (Å²) in [5.41, 5.74) is 2.28. The highest BCUT2D eigenvalue weighted by Gasteiger charge is 2.27. The van der Waals surface area contributed by atoms with Gasteiger partial charge < -0.3 is 0 Å². The second-order valence-corrected chi connectivity index (χ2v) is 7.40. The molecule has 1 aromatic heterocycles. The van der Waals surface area contributed by atoms with Crippen molar-refractivity contribution < 1.29 is 8.42 Å². The van der Waals surface area contributed by atoms with E-state index in [1.807, 2.05) is 13.0 Å². The number of halogens is 1. The van der Waals surface area contributed by atoms with Crippen molar-refractivity contribution in [3.63, 3.8) is 0 Å². The molecule has 0 aliphatic heterocycles. The number of rotatable bonds is 3. The van der Waals surface area contributed by atoms with Crippen LogP contribution in [0.1, 0.15) is 11.1 Å². The van der Waals surface area contributed by atoms with Crippen LogP contribution >= 0.6 is 15.9 Å². The number of hydrogen-bond acceptors (Lipinski definition) is 3. The van der Waals surface area contributed by atoms with Gasteiger partial charge in [0.1, 0.15) is 0 Å². The maximum Gasteiger partial charge on any atom is 0.281 e. The fourth-order valence-corrected chi connectivity index (χ4v) is 3.81. The van der Waals surface area contributed by atoms with Gasteiger partial charge in [0.25, 0.3) is 10.0 Å². The molecule has 1 heterocycles. The van der Waals surface area contributed by atoms with Gasteiger partial charge in [-0.2, -0.15) is 13.5 Å². The van der Waals surface area contributed by atoms with Crippen LogP contribution in [0.15, 0.2) is 33.9 Å². The second kappa shape index (κ2) is 5.21. The summed E-state index contributed by atoms with van der Waals surface area (Å²) in [5.74, 6) is 0. The van der Waals surface area contributed by atoms with Crippen molar-refractivity contribution in [2.24, 2.45) is 7.05 Å². The smallest absolute Gasteiger partial charge is 0.268 e. The number of benzene rings is 1. The molecule has 0 spiro atoms. The molecule has 20 heavy (non-hydrogen) atoms. The monoisotopic (exact) mass is 357 g/mol. The first-order valence-electron chi connectivity index (χ1n) is 5.99. The molecule has 0 aliphatic rings. The summed E-state index contributed by atoms with van der Waals surface area (Å²) in [6, 6.07) is 5.45. The van der Waals surface area contributed by atoms with E-state index in [0.717, 1.165) is 10.0 Å². The Kier molecular flexibility index (Phi) is 3.93. The van der Waals surface area contributed by atoms with Crippen molar-refractivity contribution in [1.29, 1.82) is 0 Å². The molecule has 0 atom stereocenters. The molecule has 0 bridgehead atoms. The molecule has 0 amide bonds. The zero-order valence-electron chi connectivity index (χ0n) is 11.8. The number of aryl methyl sites for hydroxylation is 3. The van der Waals surface area contributed by atoms with Gasteiger partial charge >= 0.3 is 0 Å². The summed E-state index contributed by atoms with van der Waals surface area (Å²) >= 11 is 3.42. The normalized spacial score (nSPS) is 11.7. The van der Waals surface area contributed by atoms with E-state index in [9.17, 15) is 8.42 Å². The highest BCUT2D eigenvalue weighted by molar-refractivity contribution is 9.10. The summed E-state index contributed by atoms with van der Waals surface area (Å²) in [4.78, 5) is 0. The van der Waals surface area contributed by atoms with Crippen molar-refractivity contribution in [2.75, 3.05) is 11.4 Å². The quantitative estimate of drug-likeness (QED) is 0.848. The van der Waals surface area contributed by atoms with Crippen LogP contribution in [-0.4, -0.2) is 25.2 Å².